The number of halogens is 1. The highest BCUT2D eigenvalue weighted by atomic mass is 35.5. The van der Waals surface area contributed by atoms with Crippen LogP contribution < -0.4 is 15.7 Å². The number of likely N-dealkylation sites (N-methyl/N-ethyl adjacent to an activating group) is 2. The van der Waals surface area contributed by atoms with E-state index in [0.29, 0.717) is 65.9 Å². The van der Waals surface area contributed by atoms with Gasteiger partial charge in [0, 0.05) is 69.7 Å². The van der Waals surface area contributed by atoms with Crippen LogP contribution in [0, 0.1) is 12.8 Å². The lowest BCUT2D eigenvalue weighted by Crippen LogP contribution is -2.35. The van der Waals surface area contributed by atoms with Crippen LogP contribution in [0.1, 0.15) is 18.4 Å². The monoisotopic (exact) mass is 610 g/mol. The van der Waals surface area contributed by atoms with Crippen molar-refractivity contribution in [3.8, 4) is 11.1 Å². The van der Waals surface area contributed by atoms with Gasteiger partial charge >= 0.3 is 0 Å². The minimum Gasteiger partial charge on any atom is -0.408 e. The highest BCUT2D eigenvalue weighted by Gasteiger charge is 2.21. The standard InChI is InChI=1S/C31H39ClN6O5/c1-6-36(3)26(30(40)37(4)14-17-41-5)10-13-33-31-34-19-23-18-24(27-21(2)8-7-9-25(27)32)29(39)38(28(23)35-31)43-20-22-11-15-42-16-12-22/h6-10,18-19,22H,1,11-17,20H2,2-5H3,(H,33,34,35)/b26-10-. The second-order valence-electron chi connectivity index (χ2n) is 10.4. The number of amides is 1. The number of methoxy groups -OCH3 is 1. The van der Waals surface area contributed by atoms with Gasteiger partial charge in [0.15, 0.2) is 5.65 Å². The molecule has 3 heterocycles. The molecular formula is C31H39ClN6O5. The number of fused-ring (bicyclic) bond motifs is 1. The Hall–Kier alpha value is -3.93. The molecule has 0 aliphatic carbocycles. The van der Waals surface area contributed by atoms with Crippen molar-refractivity contribution < 1.29 is 19.1 Å². The molecule has 1 saturated heterocycles. The number of ether oxygens (including phenoxy) is 2. The summed E-state index contributed by atoms with van der Waals surface area (Å²) in [7, 11) is 5.05. The summed E-state index contributed by atoms with van der Waals surface area (Å²) in [5.41, 5.74) is 2.31. The van der Waals surface area contributed by atoms with Crippen molar-refractivity contribution >= 4 is 34.5 Å². The van der Waals surface area contributed by atoms with Crippen LogP contribution in [0.3, 0.4) is 0 Å². The molecule has 12 heteroatoms. The number of aromatic nitrogens is 3. The summed E-state index contributed by atoms with van der Waals surface area (Å²) in [6.07, 6.45) is 6.64. The first-order chi connectivity index (χ1) is 20.7. The maximum atomic E-state index is 13.9. The molecule has 1 aliphatic heterocycles. The molecule has 3 aromatic rings. The number of benzene rings is 1. The number of aryl methyl sites for hydroxylation is 1. The van der Waals surface area contributed by atoms with E-state index in [1.165, 1.54) is 4.73 Å². The highest BCUT2D eigenvalue weighted by Crippen LogP contribution is 2.30. The van der Waals surface area contributed by atoms with Crippen molar-refractivity contribution in [2.75, 3.05) is 66.0 Å². The molecule has 0 unspecified atom stereocenters. The third-order valence-corrected chi connectivity index (χ3v) is 7.70. The topological polar surface area (TPSA) is 111 Å². The molecule has 1 aromatic carbocycles. The third-order valence-electron chi connectivity index (χ3n) is 7.38. The highest BCUT2D eigenvalue weighted by molar-refractivity contribution is 6.33. The van der Waals surface area contributed by atoms with Crippen molar-refractivity contribution in [3.05, 3.63) is 76.0 Å². The summed E-state index contributed by atoms with van der Waals surface area (Å²) in [4.78, 5) is 45.4. The van der Waals surface area contributed by atoms with Crippen molar-refractivity contribution in [2.45, 2.75) is 19.8 Å². The van der Waals surface area contributed by atoms with E-state index >= 15 is 0 Å². The van der Waals surface area contributed by atoms with Crippen molar-refractivity contribution in [2.24, 2.45) is 5.92 Å². The minimum absolute atomic E-state index is 0.182. The largest absolute Gasteiger partial charge is 0.408 e. The normalized spacial score (nSPS) is 14.0. The Bertz CT molecular complexity index is 1510. The summed E-state index contributed by atoms with van der Waals surface area (Å²) in [6, 6.07) is 7.26. The number of hydrogen-bond acceptors (Lipinski definition) is 9. The van der Waals surface area contributed by atoms with E-state index in [0.717, 1.165) is 18.4 Å². The van der Waals surface area contributed by atoms with Gasteiger partial charge in [0.05, 0.1) is 12.2 Å². The van der Waals surface area contributed by atoms with Crippen LogP contribution in [-0.2, 0) is 14.3 Å². The molecule has 230 valence electrons. The van der Waals surface area contributed by atoms with Crippen LogP contribution in [0.5, 0.6) is 0 Å². The Morgan fingerprint density at radius 1 is 1.30 bits per heavy atom. The van der Waals surface area contributed by atoms with E-state index in [2.05, 4.69) is 21.9 Å². The Labute approximate surface area is 256 Å². The number of pyridine rings is 1. The number of anilines is 1. The molecule has 0 saturated carbocycles. The fourth-order valence-corrected chi connectivity index (χ4v) is 5.09. The van der Waals surface area contributed by atoms with E-state index in [1.54, 1.807) is 61.6 Å². The molecule has 4 rings (SSSR count). The van der Waals surface area contributed by atoms with Gasteiger partial charge in [-0.15, -0.1) is 4.73 Å². The van der Waals surface area contributed by atoms with Gasteiger partial charge in [-0.05, 0) is 55.7 Å². The first-order valence-electron chi connectivity index (χ1n) is 14.2. The number of carbonyl (C=O) groups excluding carboxylic acids is 1. The molecule has 0 spiro atoms. The van der Waals surface area contributed by atoms with Crippen LogP contribution in [0.25, 0.3) is 22.2 Å². The first kappa shape index (κ1) is 32.0. The predicted molar refractivity (Wildman–Crippen MR) is 168 cm³/mol. The smallest absolute Gasteiger partial charge is 0.293 e. The zero-order chi connectivity index (χ0) is 30.9. The predicted octanol–water partition coefficient (Wildman–Crippen LogP) is 3.75. The zero-order valence-corrected chi connectivity index (χ0v) is 25.9. The molecular weight excluding hydrogens is 572 g/mol. The van der Waals surface area contributed by atoms with Crippen LogP contribution in [0.15, 0.2) is 59.8 Å². The fourth-order valence-electron chi connectivity index (χ4n) is 4.76. The maximum Gasteiger partial charge on any atom is 0.293 e. The van der Waals surface area contributed by atoms with Crippen LogP contribution >= 0.6 is 11.6 Å². The van der Waals surface area contributed by atoms with E-state index in [-0.39, 0.29) is 29.9 Å². The molecule has 0 atom stereocenters. The average Bonchev–Trinajstić information content (AvgIpc) is 3.01. The minimum atomic E-state index is -0.361. The van der Waals surface area contributed by atoms with Crippen LogP contribution in [0.4, 0.5) is 5.95 Å². The van der Waals surface area contributed by atoms with Gasteiger partial charge in [-0.3, -0.25) is 9.59 Å². The number of nitrogens with zero attached hydrogens (tertiary/aromatic N) is 5. The lowest BCUT2D eigenvalue weighted by atomic mass is 10.0. The Morgan fingerprint density at radius 2 is 2.07 bits per heavy atom. The van der Waals surface area contributed by atoms with Gasteiger partial charge in [-0.25, -0.2) is 4.98 Å². The lowest BCUT2D eigenvalue weighted by molar-refractivity contribution is -0.127. The van der Waals surface area contributed by atoms with Gasteiger partial charge in [-0.1, -0.05) is 30.3 Å². The molecule has 1 N–H and O–H groups in total. The zero-order valence-electron chi connectivity index (χ0n) is 25.1. The van der Waals surface area contributed by atoms with Crippen molar-refractivity contribution in [1.82, 2.24) is 24.5 Å². The molecule has 1 fully saturated rings. The number of nitrogens with one attached hydrogen (secondary N) is 1. The van der Waals surface area contributed by atoms with Gasteiger partial charge < -0.3 is 29.4 Å². The van der Waals surface area contributed by atoms with Crippen molar-refractivity contribution in [1.29, 1.82) is 0 Å². The van der Waals surface area contributed by atoms with E-state index in [9.17, 15) is 9.59 Å². The molecule has 11 nitrogen and oxygen atoms in total. The van der Waals surface area contributed by atoms with Crippen LogP contribution in [0.2, 0.25) is 5.02 Å². The number of hydrogen-bond donors (Lipinski definition) is 1. The SMILES string of the molecule is C=CN(C)/C(=C\CNc1ncc2cc(-c3c(C)cccc3Cl)c(=O)n(OCC3CCOCC3)c2n1)C(=O)N(C)CCOC. The summed E-state index contributed by atoms with van der Waals surface area (Å²) in [5.74, 6) is 0.346. The Kier molecular flexibility index (Phi) is 11.2. The Morgan fingerprint density at radius 3 is 2.77 bits per heavy atom. The van der Waals surface area contributed by atoms with Crippen molar-refractivity contribution in [3.63, 3.8) is 0 Å². The summed E-state index contributed by atoms with van der Waals surface area (Å²) >= 11 is 6.55. The molecule has 0 bridgehead atoms. The molecule has 1 aliphatic rings. The summed E-state index contributed by atoms with van der Waals surface area (Å²) in [6.45, 7) is 8.47. The van der Waals surface area contributed by atoms with Crippen LogP contribution in [-0.4, -0.2) is 91.1 Å². The van der Waals surface area contributed by atoms with Gasteiger partial charge in [-0.2, -0.15) is 4.98 Å². The van der Waals surface area contributed by atoms with E-state index in [1.807, 2.05) is 19.1 Å². The summed E-state index contributed by atoms with van der Waals surface area (Å²) < 4.78 is 11.8. The molecule has 43 heavy (non-hydrogen) atoms. The van der Waals surface area contributed by atoms with Gasteiger partial charge in [0.2, 0.25) is 5.95 Å². The number of rotatable bonds is 13. The lowest BCUT2D eigenvalue weighted by Gasteiger charge is -2.23. The third kappa shape index (κ3) is 7.73. The fraction of sp³-hybridized carbons (Fsp3) is 0.419. The summed E-state index contributed by atoms with van der Waals surface area (Å²) in [5, 5.41) is 4.22. The molecule has 2 aromatic heterocycles. The quantitative estimate of drug-likeness (QED) is 0.289. The second-order valence-corrected chi connectivity index (χ2v) is 10.8. The average molecular weight is 611 g/mol. The second kappa shape index (κ2) is 15.0. The maximum absolute atomic E-state index is 13.9. The van der Waals surface area contributed by atoms with Gasteiger partial charge in [0.1, 0.15) is 12.3 Å². The van der Waals surface area contributed by atoms with E-state index in [4.69, 9.17) is 25.9 Å². The molecule has 0 radical (unpaired) electrons. The number of carbonyl (C=O) groups is 1. The molecule has 1 amide bonds. The van der Waals surface area contributed by atoms with E-state index < -0.39 is 0 Å². The Balaban J connectivity index is 1.67. The van der Waals surface area contributed by atoms with Gasteiger partial charge in [0.25, 0.3) is 11.5 Å². The first-order valence-corrected chi connectivity index (χ1v) is 14.6.